The van der Waals surface area contributed by atoms with Crippen LogP contribution in [0.1, 0.15) is 29.8 Å². The average Bonchev–Trinajstić information content (AvgIpc) is 2.70. The third-order valence-corrected chi connectivity index (χ3v) is 4.03. The van der Waals surface area contributed by atoms with Gasteiger partial charge in [0, 0.05) is 38.4 Å². The Hall–Kier alpha value is -3.26. The molecule has 146 valence electrons. The number of pyridine rings is 1. The molecule has 0 bridgehead atoms. The van der Waals surface area contributed by atoms with E-state index in [2.05, 4.69) is 15.2 Å². The Balaban J connectivity index is 0.00000136. The van der Waals surface area contributed by atoms with E-state index in [0.29, 0.717) is 27.2 Å². The van der Waals surface area contributed by atoms with Crippen LogP contribution in [0.15, 0.2) is 42.6 Å². The van der Waals surface area contributed by atoms with Crippen molar-refractivity contribution < 1.29 is 19.2 Å². The number of fused-ring (bicyclic) bond motifs is 1. The highest BCUT2D eigenvalue weighted by molar-refractivity contribution is 6.31. The largest absolute Gasteiger partial charge is 0.383 e. The lowest BCUT2D eigenvalue weighted by molar-refractivity contribution is -0.385. The van der Waals surface area contributed by atoms with E-state index in [1.54, 1.807) is 37.3 Å². The normalized spacial score (nSPS) is 10.0. The highest BCUT2D eigenvalue weighted by Crippen LogP contribution is 2.33. The molecular formula is C19H17ClFN3O4. The molecule has 3 rings (SSSR count). The number of nitrogens with zero attached hydrogens (tertiary/aromatic N) is 2. The Kier molecular flexibility index (Phi) is 6.84. The van der Waals surface area contributed by atoms with E-state index < -0.39 is 10.9 Å². The van der Waals surface area contributed by atoms with Crippen molar-refractivity contribution in [3.8, 4) is 0 Å². The molecule has 0 radical (unpaired) electrons. The molecule has 1 heterocycles. The summed E-state index contributed by atoms with van der Waals surface area (Å²) < 4.78 is 12.5. The molecule has 0 aliphatic heterocycles. The van der Waals surface area contributed by atoms with Crippen LogP contribution in [0.4, 0.5) is 21.6 Å². The number of benzene rings is 2. The van der Waals surface area contributed by atoms with Crippen molar-refractivity contribution in [1.82, 2.24) is 4.98 Å². The molecule has 0 unspecified atom stereocenters. The molecule has 7 nitrogen and oxygen atoms in total. The van der Waals surface area contributed by atoms with Gasteiger partial charge in [-0.3, -0.25) is 15.1 Å². The van der Waals surface area contributed by atoms with Gasteiger partial charge in [-0.1, -0.05) is 31.5 Å². The van der Waals surface area contributed by atoms with E-state index in [9.17, 15) is 19.4 Å². The zero-order valence-electron chi connectivity index (χ0n) is 15.3. The SMILES string of the molecule is CC.Cc1ccc(Nc2c(C(=O)OF)cnc3ccc(Cl)cc23)cc1[N+](=O)[O-]. The lowest BCUT2D eigenvalue weighted by Gasteiger charge is -2.13. The number of hydrogen-bond acceptors (Lipinski definition) is 6. The Labute approximate surface area is 165 Å². The molecule has 0 amide bonds. The number of carbonyl (C=O) groups excluding carboxylic acids is 1. The minimum Gasteiger partial charge on any atom is -0.354 e. The first kappa shape index (κ1) is 21.0. The summed E-state index contributed by atoms with van der Waals surface area (Å²) in [6.07, 6.45) is 1.16. The number of rotatable bonds is 4. The lowest BCUT2D eigenvalue weighted by atomic mass is 10.1. The summed E-state index contributed by atoms with van der Waals surface area (Å²) in [5, 5.41) is 14.9. The van der Waals surface area contributed by atoms with Gasteiger partial charge in [0.05, 0.1) is 16.1 Å². The average molecular weight is 406 g/mol. The van der Waals surface area contributed by atoms with Crippen molar-refractivity contribution in [3.05, 3.63) is 68.9 Å². The number of nitrogens with one attached hydrogen (secondary N) is 1. The Morgan fingerprint density at radius 1 is 1.25 bits per heavy atom. The number of aryl methyl sites for hydroxylation is 1. The lowest BCUT2D eigenvalue weighted by Crippen LogP contribution is -2.06. The van der Waals surface area contributed by atoms with Gasteiger partial charge in [-0.2, -0.15) is 0 Å². The minimum absolute atomic E-state index is 0.0963. The van der Waals surface area contributed by atoms with Gasteiger partial charge in [0.1, 0.15) is 5.56 Å². The van der Waals surface area contributed by atoms with E-state index in [-0.39, 0.29) is 16.9 Å². The number of anilines is 2. The van der Waals surface area contributed by atoms with Crippen molar-refractivity contribution >= 4 is 45.5 Å². The quantitative estimate of drug-likeness (QED) is 0.428. The maximum absolute atomic E-state index is 12.5. The Bertz CT molecular complexity index is 1040. The zero-order chi connectivity index (χ0) is 20.8. The Morgan fingerprint density at radius 3 is 2.61 bits per heavy atom. The second-order valence-electron chi connectivity index (χ2n) is 5.46. The van der Waals surface area contributed by atoms with E-state index in [1.165, 1.54) is 6.07 Å². The van der Waals surface area contributed by atoms with Crippen LogP contribution in [-0.2, 0) is 4.94 Å². The molecule has 0 atom stereocenters. The van der Waals surface area contributed by atoms with E-state index in [0.717, 1.165) is 6.20 Å². The summed E-state index contributed by atoms with van der Waals surface area (Å²) in [5.74, 6) is -1.25. The summed E-state index contributed by atoms with van der Waals surface area (Å²) in [7, 11) is 0. The maximum atomic E-state index is 12.5. The van der Waals surface area contributed by atoms with Crippen LogP contribution in [0, 0.1) is 17.0 Å². The molecule has 0 fully saturated rings. The van der Waals surface area contributed by atoms with Crippen molar-refractivity contribution in [2.75, 3.05) is 5.32 Å². The number of carbonyl (C=O) groups is 1. The molecule has 9 heteroatoms. The highest BCUT2D eigenvalue weighted by atomic mass is 35.5. The fourth-order valence-electron chi connectivity index (χ4n) is 2.52. The van der Waals surface area contributed by atoms with Gasteiger partial charge in [0.2, 0.25) is 0 Å². The van der Waals surface area contributed by atoms with Crippen LogP contribution in [-0.4, -0.2) is 15.9 Å². The van der Waals surface area contributed by atoms with Gasteiger partial charge in [-0.25, -0.2) is 9.74 Å². The molecular weight excluding hydrogens is 389 g/mol. The number of nitro benzene ring substituents is 1. The number of aromatic nitrogens is 1. The van der Waals surface area contributed by atoms with Gasteiger partial charge in [0.25, 0.3) is 5.69 Å². The first-order valence-electron chi connectivity index (χ1n) is 8.34. The highest BCUT2D eigenvalue weighted by Gasteiger charge is 2.19. The summed E-state index contributed by atoms with van der Waals surface area (Å²) >= 11 is 6.01. The third-order valence-electron chi connectivity index (χ3n) is 3.80. The number of halogens is 2. The van der Waals surface area contributed by atoms with Crippen LogP contribution in [0.5, 0.6) is 0 Å². The van der Waals surface area contributed by atoms with Crippen LogP contribution in [0.25, 0.3) is 10.9 Å². The first-order valence-corrected chi connectivity index (χ1v) is 8.71. The fraction of sp³-hybridized carbons (Fsp3) is 0.158. The van der Waals surface area contributed by atoms with E-state index >= 15 is 0 Å². The molecule has 0 saturated heterocycles. The summed E-state index contributed by atoms with van der Waals surface area (Å²) in [4.78, 5) is 29.8. The van der Waals surface area contributed by atoms with Crippen molar-refractivity contribution in [2.45, 2.75) is 20.8 Å². The van der Waals surface area contributed by atoms with E-state index in [4.69, 9.17) is 11.6 Å². The van der Waals surface area contributed by atoms with Crippen LogP contribution in [0.2, 0.25) is 5.02 Å². The number of nitro groups is 1. The molecule has 1 aromatic heterocycles. The molecule has 0 saturated carbocycles. The van der Waals surface area contributed by atoms with Crippen LogP contribution >= 0.6 is 11.6 Å². The molecule has 2 aromatic carbocycles. The molecule has 0 aliphatic rings. The summed E-state index contributed by atoms with van der Waals surface area (Å²) in [6, 6.07) is 9.27. The smallest absolute Gasteiger partial charge is 0.354 e. The summed E-state index contributed by atoms with van der Waals surface area (Å²) in [5.41, 5.74) is 1.22. The molecule has 3 aromatic rings. The predicted octanol–water partition coefficient (Wildman–Crippen LogP) is 5.92. The topological polar surface area (TPSA) is 94.4 Å². The third kappa shape index (κ3) is 4.34. The van der Waals surface area contributed by atoms with Gasteiger partial charge in [-0.05, 0) is 31.2 Å². The van der Waals surface area contributed by atoms with Crippen molar-refractivity contribution in [1.29, 1.82) is 0 Å². The van der Waals surface area contributed by atoms with Crippen LogP contribution < -0.4 is 5.32 Å². The van der Waals surface area contributed by atoms with Gasteiger partial charge < -0.3 is 5.32 Å². The van der Waals surface area contributed by atoms with Crippen molar-refractivity contribution in [2.24, 2.45) is 0 Å². The van der Waals surface area contributed by atoms with Crippen LogP contribution in [0.3, 0.4) is 0 Å². The molecule has 0 aliphatic carbocycles. The van der Waals surface area contributed by atoms with Gasteiger partial charge in [-0.15, -0.1) is 0 Å². The van der Waals surface area contributed by atoms with Gasteiger partial charge in [0.15, 0.2) is 0 Å². The monoisotopic (exact) mass is 405 g/mol. The zero-order valence-corrected chi connectivity index (χ0v) is 16.1. The van der Waals surface area contributed by atoms with Crippen molar-refractivity contribution in [3.63, 3.8) is 0 Å². The maximum Gasteiger partial charge on any atom is 0.383 e. The van der Waals surface area contributed by atoms with E-state index in [1.807, 2.05) is 13.8 Å². The standard InChI is InChI=1S/C17H11ClFN3O4.C2H6/c1-9-2-4-11(7-15(9)22(24)25)21-16-12-6-10(18)3-5-14(12)20-8-13(16)17(23)26-19;1-2/h2-8H,1H3,(H,20,21);1-2H3. The minimum atomic E-state index is -1.25. The van der Waals surface area contributed by atoms with Gasteiger partial charge >= 0.3 is 5.97 Å². The molecule has 1 N–H and O–H groups in total. The predicted molar refractivity (Wildman–Crippen MR) is 106 cm³/mol. The fourth-order valence-corrected chi connectivity index (χ4v) is 2.70. The second kappa shape index (κ2) is 9.09. The first-order chi connectivity index (χ1) is 13.4. The molecule has 0 spiro atoms. The number of hydrogen-bond donors (Lipinski definition) is 1. The molecule has 28 heavy (non-hydrogen) atoms. The second-order valence-corrected chi connectivity index (χ2v) is 5.89. The Morgan fingerprint density at radius 2 is 1.96 bits per heavy atom. The summed E-state index contributed by atoms with van der Waals surface area (Å²) in [6.45, 7) is 5.61.